The SMILES string of the molecule is Cc1cc(-c2nn(C)c(N)c2C=O)ccc1F. The van der Waals surface area contributed by atoms with Gasteiger partial charge >= 0.3 is 0 Å². The van der Waals surface area contributed by atoms with Gasteiger partial charge in [0.15, 0.2) is 6.29 Å². The van der Waals surface area contributed by atoms with Crippen LogP contribution in [0.3, 0.4) is 0 Å². The van der Waals surface area contributed by atoms with Gasteiger partial charge < -0.3 is 5.73 Å². The van der Waals surface area contributed by atoms with Crippen molar-refractivity contribution in [2.24, 2.45) is 7.05 Å². The van der Waals surface area contributed by atoms with Gasteiger partial charge in [0.1, 0.15) is 17.3 Å². The van der Waals surface area contributed by atoms with Gasteiger partial charge in [-0.15, -0.1) is 0 Å². The summed E-state index contributed by atoms with van der Waals surface area (Å²) >= 11 is 0. The number of hydrogen-bond donors (Lipinski definition) is 1. The molecule has 0 amide bonds. The Morgan fingerprint density at radius 3 is 2.76 bits per heavy atom. The third kappa shape index (κ3) is 1.80. The number of rotatable bonds is 2. The van der Waals surface area contributed by atoms with E-state index in [0.29, 0.717) is 34.5 Å². The van der Waals surface area contributed by atoms with Crippen LogP contribution in [-0.2, 0) is 7.05 Å². The molecule has 0 saturated carbocycles. The van der Waals surface area contributed by atoms with Gasteiger partial charge in [0.05, 0.1) is 5.56 Å². The summed E-state index contributed by atoms with van der Waals surface area (Å²) in [7, 11) is 1.65. The first-order chi connectivity index (χ1) is 8.04. The van der Waals surface area contributed by atoms with Gasteiger partial charge in [0, 0.05) is 12.6 Å². The topological polar surface area (TPSA) is 60.9 Å². The fourth-order valence-electron chi connectivity index (χ4n) is 1.67. The average molecular weight is 233 g/mol. The third-order valence-corrected chi connectivity index (χ3v) is 2.68. The maximum Gasteiger partial charge on any atom is 0.156 e. The fourth-order valence-corrected chi connectivity index (χ4v) is 1.67. The number of nitrogens with two attached hydrogens (primary N) is 1. The van der Waals surface area contributed by atoms with Gasteiger partial charge in [0.2, 0.25) is 0 Å². The van der Waals surface area contributed by atoms with E-state index in [9.17, 15) is 9.18 Å². The number of aryl methyl sites for hydroxylation is 2. The van der Waals surface area contributed by atoms with E-state index in [1.54, 1.807) is 26.1 Å². The lowest BCUT2D eigenvalue weighted by Crippen LogP contribution is -1.98. The van der Waals surface area contributed by atoms with Crippen LogP contribution in [0.4, 0.5) is 10.2 Å². The Labute approximate surface area is 97.9 Å². The smallest absolute Gasteiger partial charge is 0.156 e. The summed E-state index contributed by atoms with van der Waals surface area (Å²) in [6, 6.07) is 4.57. The number of halogens is 1. The summed E-state index contributed by atoms with van der Waals surface area (Å²) in [5.74, 6) is 0.0160. The minimum atomic E-state index is -0.287. The molecular weight excluding hydrogens is 221 g/mol. The summed E-state index contributed by atoms with van der Waals surface area (Å²) < 4.78 is 14.6. The molecule has 4 nitrogen and oxygen atoms in total. The molecule has 0 aliphatic heterocycles. The van der Waals surface area contributed by atoms with E-state index in [1.807, 2.05) is 0 Å². The van der Waals surface area contributed by atoms with Crippen LogP contribution in [0.15, 0.2) is 18.2 Å². The summed E-state index contributed by atoms with van der Waals surface area (Å²) in [4.78, 5) is 11.0. The highest BCUT2D eigenvalue weighted by Gasteiger charge is 2.15. The lowest BCUT2D eigenvalue weighted by atomic mass is 10.1. The van der Waals surface area contributed by atoms with Crippen LogP contribution in [0.25, 0.3) is 11.3 Å². The zero-order valence-electron chi connectivity index (χ0n) is 9.57. The molecule has 2 aromatic rings. The first-order valence-electron chi connectivity index (χ1n) is 5.08. The number of aldehydes is 1. The maximum absolute atomic E-state index is 13.2. The second-order valence-electron chi connectivity index (χ2n) is 3.85. The molecular formula is C12H12FN3O. The van der Waals surface area contributed by atoms with E-state index in [0.717, 1.165) is 0 Å². The van der Waals surface area contributed by atoms with Crippen molar-refractivity contribution in [3.8, 4) is 11.3 Å². The first-order valence-corrected chi connectivity index (χ1v) is 5.08. The van der Waals surface area contributed by atoms with Crippen molar-refractivity contribution < 1.29 is 9.18 Å². The number of nitrogens with zero attached hydrogens (tertiary/aromatic N) is 2. The molecule has 17 heavy (non-hydrogen) atoms. The number of nitrogen functional groups attached to an aromatic ring is 1. The molecule has 0 fully saturated rings. The van der Waals surface area contributed by atoms with E-state index in [-0.39, 0.29) is 5.82 Å². The monoisotopic (exact) mass is 233 g/mol. The quantitative estimate of drug-likeness (QED) is 0.806. The first kappa shape index (κ1) is 11.3. The number of carbonyl (C=O) groups is 1. The van der Waals surface area contributed by atoms with Crippen molar-refractivity contribution in [2.45, 2.75) is 6.92 Å². The largest absolute Gasteiger partial charge is 0.383 e. The Morgan fingerprint density at radius 1 is 1.47 bits per heavy atom. The Kier molecular flexibility index (Phi) is 2.67. The molecule has 5 heteroatoms. The van der Waals surface area contributed by atoms with Crippen LogP contribution in [0.2, 0.25) is 0 Å². The molecule has 0 aliphatic carbocycles. The summed E-state index contributed by atoms with van der Waals surface area (Å²) in [5.41, 5.74) is 7.70. The fraction of sp³-hybridized carbons (Fsp3) is 0.167. The minimum absolute atomic E-state index is 0.287. The Balaban J connectivity index is 2.64. The van der Waals surface area contributed by atoms with E-state index in [2.05, 4.69) is 5.10 Å². The Hall–Kier alpha value is -2.17. The molecule has 1 heterocycles. The highest BCUT2D eigenvalue weighted by atomic mass is 19.1. The molecule has 1 aromatic carbocycles. The number of benzene rings is 1. The van der Waals surface area contributed by atoms with Gasteiger partial charge in [-0.1, -0.05) is 0 Å². The van der Waals surface area contributed by atoms with Crippen LogP contribution >= 0.6 is 0 Å². The van der Waals surface area contributed by atoms with E-state index in [4.69, 9.17) is 5.73 Å². The third-order valence-electron chi connectivity index (χ3n) is 2.68. The number of aromatic nitrogens is 2. The molecule has 0 spiro atoms. The van der Waals surface area contributed by atoms with Gasteiger partial charge in [-0.05, 0) is 30.7 Å². The molecule has 0 bridgehead atoms. The zero-order chi connectivity index (χ0) is 12.6. The number of anilines is 1. The number of hydrogen-bond acceptors (Lipinski definition) is 3. The molecule has 0 unspecified atom stereocenters. The molecule has 0 radical (unpaired) electrons. The van der Waals surface area contributed by atoms with Crippen LogP contribution < -0.4 is 5.73 Å². The predicted molar refractivity (Wildman–Crippen MR) is 63.1 cm³/mol. The van der Waals surface area contributed by atoms with Gasteiger partial charge in [0.25, 0.3) is 0 Å². The second-order valence-corrected chi connectivity index (χ2v) is 3.85. The lowest BCUT2D eigenvalue weighted by Gasteiger charge is -2.01. The number of carbonyl (C=O) groups excluding carboxylic acids is 1. The molecule has 0 atom stereocenters. The maximum atomic E-state index is 13.2. The van der Waals surface area contributed by atoms with Crippen LogP contribution in [0.1, 0.15) is 15.9 Å². The summed E-state index contributed by atoms with van der Waals surface area (Å²) in [6.45, 7) is 1.66. The standard InChI is InChI=1S/C12H12FN3O/c1-7-5-8(3-4-10(7)13)11-9(6-17)12(14)16(2)15-11/h3-6H,14H2,1-2H3. The molecule has 2 N–H and O–H groups in total. The highest BCUT2D eigenvalue weighted by molar-refractivity contribution is 5.91. The highest BCUT2D eigenvalue weighted by Crippen LogP contribution is 2.26. The van der Waals surface area contributed by atoms with E-state index in [1.165, 1.54) is 10.7 Å². The van der Waals surface area contributed by atoms with Gasteiger partial charge in [-0.25, -0.2) is 4.39 Å². The van der Waals surface area contributed by atoms with Crippen molar-refractivity contribution >= 4 is 12.1 Å². The Morgan fingerprint density at radius 2 is 2.18 bits per heavy atom. The van der Waals surface area contributed by atoms with Crippen molar-refractivity contribution in [2.75, 3.05) is 5.73 Å². The molecule has 2 rings (SSSR count). The van der Waals surface area contributed by atoms with Crippen molar-refractivity contribution in [3.63, 3.8) is 0 Å². The van der Waals surface area contributed by atoms with Gasteiger partial charge in [-0.2, -0.15) is 5.10 Å². The van der Waals surface area contributed by atoms with E-state index >= 15 is 0 Å². The Bertz CT molecular complexity index is 590. The summed E-state index contributed by atoms with van der Waals surface area (Å²) in [6.07, 6.45) is 0.663. The second kappa shape index (κ2) is 4.01. The van der Waals surface area contributed by atoms with Gasteiger partial charge in [-0.3, -0.25) is 9.48 Å². The van der Waals surface area contributed by atoms with Crippen molar-refractivity contribution in [3.05, 3.63) is 35.1 Å². The molecule has 88 valence electrons. The van der Waals surface area contributed by atoms with Crippen molar-refractivity contribution in [1.29, 1.82) is 0 Å². The van der Waals surface area contributed by atoms with E-state index < -0.39 is 0 Å². The normalized spacial score (nSPS) is 10.5. The van der Waals surface area contributed by atoms with Crippen LogP contribution in [-0.4, -0.2) is 16.1 Å². The van der Waals surface area contributed by atoms with Crippen molar-refractivity contribution in [1.82, 2.24) is 9.78 Å². The molecule has 0 saturated heterocycles. The minimum Gasteiger partial charge on any atom is -0.383 e. The lowest BCUT2D eigenvalue weighted by molar-refractivity contribution is 0.112. The zero-order valence-corrected chi connectivity index (χ0v) is 9.57. The molecule has 0 aliphatic rings. The predicted octanol–water partition coefficient (Wildman–Crippen LogP) is 1.93. The average Bonchev–Trinajstić information content (AvgIpc) is 2.59. The van der Waals surface area contributed by atoms with Crippen LogP contribution in [0.5, 0.6) is 0 Å². The summed E-state index contributed by atoms with van der Waals surface area (Å²) in [5, 5.41) is 4.16. The molecule has 1 aromatic heterocycles. The van der Waals surface area contributed by atoms with Crippen LogP contribution in [0, 0.1) is 12.7 Å².